The highest BCUT2D eigenvalue weighted by Crippen LogP contribution is 2.22. The molecule has 5 aromatic rings. The molecule has 47 heavy (non-hydrogen) atoms. The summed E-state index contributed by atoms with van der Waals surface area (Å²) in [5.41, 5.74) is 4.49. The Balaban J connectivity index is 0.876. The summed E-state index contributed by atoms with van der Waals surface area (Å²) < 4.78 is 22.2. The van der Waals surface area contributed by atoms with Crippen LogP contribution < -0.4 is 4.74 Å². The van der Waals surface area contributed by atoms with Crippen LogP contribution in [0, 0.1) is 0 Å². The fourth-order valence-corrected chi connectivity index (χ4v) is 5.13. The van der Waals surface area contributed by atoms with E-state index >= 15 is 0 Å². The molecule has 9 nitrogen and oxygen atoms in total. The number of oxazole rings is 2. The fourth-order valence-electron chi connectivity index (χ4n) is 5.13. The van der Waals surface area contributed by atoms with Crippen LogP contribution >= 0.6 is 0 Å². The Labute approximate surface area is 273 Å². The molecule has 3 heterocycles. The first-order valence-corrected chi connectivity index (χ1v) is 15.7. The topological polar surface area (TPSA) is 108 Å². The summed E-state index contributed by atoms with van der Waals surface area (Å²) in [7, 11) is 0. The molecule has 238 valence electrons. The van der Waals surface area contributed by atoms with E-state index in [1.54, 1.807) is 12.3 Å². The lowest BCUT2D eigenvalue weighted by molar-refractivity contribution is -0.130. The van der Waals surface area contributed by atoms with Crippen LogP contribution in [0.2, 0.25) is 0 Å². The first kappa shape index (κ1) is 31.3. The van der Waals surface area contributed by atoms with Gasteiger partial charge in [-0.15, -0.1) is 0 Å². The van der Waals surface area contributed by atoms with Gasteiger partial charge in [-0.25, -0.2) is 19.7 Å². The van der Waals surface area contributed by atoms with E-state index in [9.17, 15) is 9.59 Å². The number of benzene rings is 3. The lowest BCUT2D eigenvalue weighted by Crippen LogP contribution is -2.31. The normalized spacial score (nSPS) is 14.8. The van der Waals surface area contributed by atoms with E-state index < -0.39 is 12.2 Å². The van der Waals surface area contributed by atoms with E-state index in [1.807, 2.05) is 91.0 Å². The molecule has 1 unspecified atom stereocenters. The van der Waals surface area contributed by atoms with Crippen LogP contribution in [0.4, 0.5) is 4.79 Å². The first-order valence-electron chi connectivity index (χ1n) is 15.7. The van der Waals surface area contributed by atoms with Gasteiger partial charge in [0.1, 0.15) is 30.6 Å². The number of hydrogen-bond donors (Lipinski definition) is 0. The molecular formula is C38H35N3O6. The molecule has 2 amide bonds. The molecule has 0 aliphatic carbocycles. The second-order valence-corrected chi connectivity index (χ2v) is 11.2. The maximum absolute atomic E-state index is 12.9. The predicted molar refractivity (Wildman–Crippen MR) is 178 cm³/mol. The van der Waals surface area contributed by atoms with Gasteiger partial charge < -0.3 is 18.3 Å². The highest BCUT2D eigenvalue weighted by Gasteiger charge is 2.40. The smallest absolute Gasteiger partial charge is 0.417 e. The number of aryl methyl sites for hydroxylation is 1. The van der Waals surface area contributed by atoms with Gasteiger partial charge in [-0.05, 0) is 66.7 Å². The number of aromatic nitrogens is 2. The zero-order valence-electron chi connectivity index (χ0n) is 25.9. The molecule has 1 fully saturated rings. The summed E-state index contributed by atoms with van der Waals surface area (Å²) in [5, 5.41) is 0. The van der Waals surface area contributed by atoms with Crippen molar-refractivity contribution in [3.63, 3.8) is 0 Å². The number of amides is 2. The van der Waals surface area contributed by atoms with Crippen LogP contribution in [0.25, 0.3) is 24.3 Å². The minimum Gasteiger partial charge on any atom is -0.487 e. The Morgan fingerprint density at radius 2 is 1.32 bits per heavy atom. The summed E-state index contributed by atoms with van der Waals surface area (Å²) >= 11 is 0. The van der Waals surface area contributed by atoms with Gasteiger partial charge in [-0.3, -0.25) is 4.79 Å². The third-order valence-corrected chi connectivity index (χ3v) is 7.64. The summed E-state index contributed by atoms with van der Waals surface area (Å²) in [4.78, 5) is 35.2. The lowest BCUT2D eigenvalue weighted by Gasteiger charge is -2.09. The third kappa shape index (κ3) is 8.94. The molecule has 0 spiro atoms. The van der Waals surface area contributed by atoms with Crippen molar-refractivity contribution in [1.82, 2.24) is 14.9 Å². The van der Waals surface area contributed by atoms with Crippen molar-refractivity contribution in [3.05, 3.63) is 137 Å². The molecule has 3 aromatic carbocycles. The summed E-state index contributed by atoms with van der Waals surface area (Å²) in [6.07, 6.45) is 13.1. The Hall–Kier alpha value is -5.70. The van der Waals surface area contributed by atoms with E-state index in [1.165, 1.54) is 11.8 Å². The average Bonchev–Trinajstić information content (AvgIpc) is 3.83. The number of carbonyl (C=O) groups is 2. The summed E-state index contributed by atoms with van der Waals surface area (Å²) in [5.74, 6) is 1.36. The fraction of sp³-hybridized carbons (Fsp3) is 0.211. The summed E-state index contributed by atoms with van der Waals surface area (Å²) in [6.45, 7) is 0.331. The van der Waals surface area contributed by atoms with Crippen molar-refractivity contribution in [1.29, 1.82) is 0 Å². The molecule has 9 heteroatoms. The average molecular weight is 630 g/mol. The molecule has 6 rings (SSSR count). The lowest BCUT2D eigenvalue weighted by atomic mass is 10.0. The van der Waals surface area contributed by atoms with E-state index in [0.717, 1.165) is 53.2 Å². The monoisotopic (exact) mass is 629 g/mol. The van der Waals surface area contributed by atoms with E-state index in [0.29, 0.717) is 30.5 Å². The molecule has 1 atom stereocenters. The van der Waals surface area contributed by atoms with Crippen LogP contribution in [0.3, 0.4) is 0 Å². The standard InChI is InChI=1S/C38H35N3O6/c42-37-34(47-38(43)41(37)24-31-25-45-35(39-31)22-18-28-10-4-1-5-11-28)15-9-3-8-14-30-16-20-33(21-17-30)44-26-32-27-46-36(40-32)23-19-29-12-6-2-7-13-29/h1-2,4-7,10-13,16-23,25,27,34H,3,8-9,14-15,24,26H2/b22-18+,23-19+. The van der Waals surface area contributed by atoms with Gasteiger partial charge in [-0.1, -0.05) is 79.2 Å². The van der Waals surface area contributed by atoms with Gasteiger partial charge in [0.05, 0.1) is 12.2 Å². The molecule has 0 radical (unpaired) electrons. The van der Waals surface area contributed by atoms with Gasteiger partial charge >= 0.3 is 6.09 Å². The number of rotatable bonds is 15. The van der Waals surface area contributed by atoms with Crippen LogP contribution in [0.5, 0.6) is 5.75 Å². The van der Waals surface area contributed by atoms with E-state index in [4.69, 9.17) is 18.3 Å². The summed E-state index contributed by atoms with van der Waals surface area (Å²) in [6, 6.07) is 27.8. The molecule has 1 aliphatic rings. The molecule has 1 saturated heterocycles. The molecule has 1 aliphatic heterocycles. The maximum atomic E-state index is 12.9. The van der Waals surface area contributed by atoms with Gasteiger partial charge in [0.25, 0.3) is 5.91 Å². The SMILES string of the molecule is O=C1OC(CCCCCc2ccc(OCc3coc(/C=C/c4ccccc4)n3)cc2)C(=O)N1Cc1coc(/C=C/c2ccccc2)n1. The number of unbranched alkanes of at least 4 members (excludes halogenated alkanes) is 2. The Morgan fingerprint density at radius 3 is 1.98 bits per heavy atom. The Bertz CT molecular complexity index is 1810. The number of carbonyl (C=O) groups excluding carboxylic acids is 2. The third-order valence-electron chi connectivity index (χ3n) is 7.64. The van der Waals surface area contributed by atoms with Crippen LogP contribution in [-0.4, -0.2) is 33.0 Å². The molecule has 2 aromatic heterocycles. The zero-order valence-corrected chi connectivity index (χ0v) is 25.9. The van der Waals surface area contributed by atoms with Crippen molar-refractivity contribution in [3.8, 4) is 5.75 Å². The number of ether oxygens (including phenoxy) is 2. The number of nitrogens with zero attached hydrogens (tertiary/aromatic N) is 3. The van der Waals surface area contributed by atoms with Crippen molar-refractivity contribution in [2.45, 2.75) is 51.4 Å². The van der Waals surface area contributed by atoms with Crippen molar-refractivity contribution in [2.24, 2.45) is 0 Å². The largest absolute Gasteiger partial charge is 0.487 e. The second kappa shape index (κ2) is 15.5. The first-order chi connectivity index (χ1) is 23.1. The highest BCUT2D eigenvalue weighted by atomic mass is 16.6. The number of cyclic esters (lactones) is 1. The second-order valence-electron chi connectivity index (χ2n) is 11.2. The van der Waals surface area contributed by atoms with Crippen molar-refractivity contribution >= 4 is 36.3 Å². The molecular weight excluding hydrogens is 594 g/mol. The highest BCUT2D eigenvalue weighted by molar-refractivity contribution is 5.99. The van der Waals surface area contributed by atoms with Crippen LogP contribution in [0.15, 0.2) is 106 Å². The molecule has 0 bridgehead atoms. The van der Waals surface area contributed by atoms with Gasteiger partial charge in [0, 0.05) is 12.2 Å². The quantitative estimate of drug-likeness (QED) is 0.107. The molecule has 0 N–H and O–H groups in total. The maximum Gasteiger partial charge on any atom is 0.417 e. The zero-order chi connectivity index (χ0) is 32.3. The predicted octanol–water partition coefficient (Wildman–Crippen LogP) is 8.23. The van der Waals surface area contributed by atoms with Gasteiger partial charge in [0.15, 0.2) is 6.10 Å². The number of hydrogen-bond acceptors (Lipinski definition) is 8. The minimum atomic E-state index is -0.760. The number of imide groups is 1. The van der Waals surface area contributed by atoms with Crippen LogP contribution in [0.1, 0.15) is 65.5 Å². The van der Waals surface area contributed by atoms with Crippen LogP contribution in [-0.2, 0) is 29.1 Å². The Kier molecular flexibility index (Phi) is 10.3. The van der Waals surface area contributed by atoms with E-state index in [-0.39, 0.29) is 12.5 Å². The Morgan fingerprint density at radius 1 is 0.702 bits per heavy atom. The van der Waals surface area contributed by atoms with Gasteiger partial charge in [0.2, 0.25) is 11.8 Å². The van der Waals surface area contributed by atoms with Crippen molar-refractivity contribution < 1.29 is 27.9 Å². The van der Waals surface area contributed by atoms with Crippen molar-refractivity contribution in [2.75, 3.05) is 0 Å². The minimum absolute atomic E-state index is 0.0162. The van der Waals surface area contributed by atoms with Gasteiger partial charge in [-0.2, -0.15) is 0 Å². The molecule has 0 saturated carbocycles. The van der Waals surface area contributed by atoms with E-state index in [2.05, 4.69) is 22.1 Å².